The highest BCUT2D eigenvalue weighted by Crippen LogP contribution is 2.41. The summed E-state index contributed by atoms with van der Waals surface area (Å²) in [6, 6.07) is 8.84. The molecule has 1 saturated carbocycles. The predicted octanol–water partition coefficient (Wildman–Crippen LogP) is 1.07. The molecule has 0 N–H and O–H groups in total. The number of nitrogens with zero attached hydrogens (tertiary/aromatic N) is 6. The Morgan fingerprint density at radius 1 is 1.00 bits per heavy atom. The molecule has 10 nitrogen and oxygen atoms in total. The van der Waals surface area contributed by atoms with E-state index in [1.54, 1.807) is 35.2 Å². The van der Waals surface area contributed by atoms with Gasteiger partial charge in [0.2, 0.25) is 21.9 Å². The Labute approximate surface area is 197 Å². The standard InChI is InChI=1S/C21H28N6O4S2/c28-19(24-8-10-26(11-9-24)33(29,30)18-4-2-1-3-5-18)16-32-21-23-22-20(27(21)17-6-7-17)25-12-14-31-15-13-25/h1-5,17H,6-16H2. The Kier molecular flexibility index (Phi) is 6.59. The van der Waals surface area contributed by atoms with Gasteiger partial charge in [-0.25, -0.2) is 8.42 Å². The maximum atomic E-state index is 12.9. The van der Waals surface area contributed by atoms with Crippen molar-refractivity contribution in [2.24, 2.45) is 0 Å². The SMILES string of the molecule is O=C(CSc1nnc(N2CCOCC2)n1C1CC1)N1CCN(S(=O)(=O)c2ccccc2)CC1. The van der Waals surface area contributed by atoms with E-state index in [-0.39, 0.29) is 16.6 Å². The first kappa shape index (κ1) is 22.6. The number of carbonyl (C=O) groups is 1. The van der Waals surface area contributed by atoms with Crippen molar-refractivity contribution in [2.45, 2.75) is 28.9 Å². The first-order valence-electron chi connectivity index (χ1n) is 11.3. The van der Waals surface area contributed by atoms with Crippen LogP contribution >= 0.6 is 11.8 Å². The summed E-state index contributed by atoms with van der Waals surface area (Å²) in [6.45, 7) is 4.34. The maximum Gasteiger partial charge on any atom is 0.243 e. The summed E-state index contributed by atoms with van der Waals surface area (Å²) in [5.74, 6) is 1.13. The largest absolute Gasteiger partial charge is 0.378 e. The highest BCUT2D eigenvalue weighted by atomic mass is 32.2. The fourth-order valence-corrected chi connectivity index (χ4v) is 6.48. The number of ether oxygens (including phenoxy) is 1. The summed E-state index contributed by atoms with van der Waals surface area (Å²) in [7, 11) is -3.53. The molecule has 3 fully saturated rings. The molecule has 3 heterocycles. The topological polar surface area (TPSA) is 101 Å². The van der Waals surface area contributed by atoms with Gasteiger partial charge in [0, 0.05) is 45.3 Å². The van der Waals surface area contributed by atoms with E-state index < -0.39 is 10.0 Å². The molecule has 2 aromatic rings. The maximum absolute atomic E-state index is 12.9. The van der Waals surface area contributed by atoms with Gasteiger partial charge in [-0.1, -0.05) is 30.0 Å². The molecular weight excluding hydrogens is 464 g/mol. The van der Waals surface area contributed by atoms with E-state index in [0.717, 1.165) is 37.0 Å². The van der Waals surface area contributed by atoms with Crippen molar-refractivity contribution in [2.75, 3.05) is 63.1 Å². The van der Waals surface area contributed by atoms with Crippen molar-refractivity contribution in [1.82, 2.24) is 24.0 Å². The van der Waals surface area contributed by atoms with Gasteiger partial charge < -0.3 is 14.5 Å². The molecule has 1 amide bonds. The summed E-state index contributed by atoms with van der Waals surface area (Å²) in [5.41, 5.74) is 0. The van der Waals surface area contributed by atoms with Crippen molar-refractivity contribution in [3.05, 3.63) is 30.3 Å². The number of anilines is 1. The number of morpholine rings is 1. The van der Waals surface area contributed by atoms with Crippen molar-refractivity contribution >= 4 is 33.6 Å². The third-order valence-corrected chi connectivity index (χ3v) is 8.99. The third kappa shape index (κ3) is 4.88. The van der Waals surface area contributed by atoms with Crippen LogP contribution in [0.2, 0.25) is 0 Å². The number of hydrogen-bond donors (Lipinski definition) is 0. The first-order chi connectivity index (χ1) is 16.0. The zero-order chi connectivity index (χ0) is 22.8. The van der Waals surface area contributed by atoms with Crippen LogP contribution in [0.4, 0.5) is 5.95 Å². The molecule has 33 heavy (non-hydrogen) atoms. The Bertz CT molecular complexity index is 1080. The average Bonchev–Trinajstić information content (AvgIpc) is 3.62. The molecule has 178 valence electrons. The number of aromatic nitrogens is 3. The molecule has 5 rings (SSSR count). The van der Waals surface area contributed by atoms with E-state index in [2.05, 4.69) is 19.7 Å². The fraction of sp³-hybridized carbons (Fsp3) is 0.571. The zero-order valence-electron chi connectivity index (χ0n) is 18.4. The van der Waals surface area contributed by atoms with Gasteiger partial charge in [-0.2, -0.15) is 4.31 Å². The minimum atomic E-state index is -3.53. The first-order valence-corrected chi connectivity index (χ1v) is 13.7. The predicted molar refractivity (Wildman–Crippen MR) is 124 cm³/mol. The van der Waals surface area contributed by atoms with E-state index in [4.69, 9.17) is 4.74 Å². The monoisotopic (exact) mass is 492 g/mol. The van der Waals surface area contributed by atoms with Crippen LogP contribution < -0.4 is 4.90 Å². The lowest BCUT2D eigenvalue weighted by molar-refractivity contribution is -0.129. The Morgan fingerprint density at radius 2 is 1.70 bits per heavy atom. The van der Waals surface area contributed by atoms with E-state index in [0.29, 0.717) is 45.4 Å². The van der Waals surface area contributed by atoms with Crippen LogP contribution in [0.5, 0.6) is 0 Å². The molecule has 2 aliphatic heterocycles. The van der Waals surface area contributed by atoms with Gasteiger partial charge in [0.25, 0.3) is 0 Å². The molecule has 1 aromatic carbocycles. The summed E-state index contributed by atoms with van der Waals surface area (Å²) < 4.78 is 34.7. The van der Waals surface area contributed by atoms with Crippen LogP contribution in [0.1, 0.15) is 18.9 Å². The van der Waals surface area contributed by atoms with Gasteiger partial charge in [-0.05, 0) is 25.0 Å². The number of sulfonamides is 1. The number of thioether (sulfide) groups is 1. The third-order valence-electron chi connectivity index (χ3n) is 6.15. The number of piperazine rings is 1. The highest BCUT2D eigenvalue weighted by molar-refractivity contribution is 7.99. The lowest BCUT2D eigenvalue weighted by Crippen LogP contribution is -2.50. The molecule has 12 heteroatoms. The fourth-order valence-electron chi connectivity index (χ4n) is 4.14. The van der Waals surface area contributed by atoms with Crippen LogP contribution in [-0.2, 0) is 19.6 Å². The molecule has 0 radical (unpaired) electrons. The molecule has 1 aromatic heterocycles. The van der Waals surface area contributed by atoms with Crippen LogP contribution in [0.25, 0.3) is 0 Å². The van der Waals surface area contributed by atoms with Crippen LogP contribution in [-0.4, -0.2) is 96.5 Å². The number of benzene rings is 1. The van der Waals surface area contributed by atoms with Crippen molar-refractivity contribution in [3.8, 4) is 0 Å². The second-order valence-electron chi connectivity index (χ2n) is 8.37. The Hall–Kier alpha value is -2.15. The van der Waals surface area contributed by atoms with Crippen molar-refractivity contribution < 1.29 is 17.9 Å². The van der Waals surface area contributed by atoms with E-state index >= 15 is 0 Å². The second kappa shape index (κ2) is 9.61. The van der Waals surface area contributed by atoms with Gasteiger partial charge >= 0.3 is 0 Å². The molecule has 1 aliphatic carbocycles. The minimum Gasteiger partial charge on any atom is -0.378 e. The summed E-state index contributed by atoms with van der Waals surface area (Å²) in [6.07, 6.45) is 2.21. The van der Waals surface area contributed by atoms with E-state index in [1.165, 1.54) is 16.1 Å². The molecule has 2 saturated heterocycles. The molecule has 3 aliphatic rings. The molecule has 0 bridgehead atoms. The van der Waals surface area contributed by atoms with E-state index in [1.807, 2.05) is 0 Å². The van der Waals surface area contributed by atoms with Gasteiger partial charge in [0.05, 0.1) is 23.9 Å². The Morgan fingerprint density at radius 3 is 2.36 bits per heavy atom. The molecule has 0 spiro atoms. The van der Waals surface area contributed by atoms with Gasteiger partial charge in [0.1, 0.15) is 0 Å². The number of amides is 1. The molecule has 0 unspecified atom stereocenters. The lowest BCUT2D eigenvalue weighted by atomic mass is 10.3. The minimum absolute atomic E-state index is 0.00460. The Balaban J connectivity index is 1.18. The van der Waals surface area contributed by atoms with Crippen LogP contribution in [0, 0.1) is 0 Å². The van der Waals surface area contributed by atoms with Crippen molar-refractivity contribution in [3.63, 3.8) is 0 Å². The summed E-state index contributed by atoms with van der Waals surface area (Å²) >= 11 is 1.41. The number of rotatable bonds is 7. The zero-order valence-corrected chi connectivity index (χ0v) is 20.0. The quantitative estimate of drug-likeness (QED) is 0.529. The van der Waals surface area contributed by atoms with Gasteiger partial charge in [-0.15, -0.1) is 10.2 Å². The summed E-state index contributed by atoms with van der Waals surface area (Å²) in [5, 5.41) is 9.58. The number of carbonyl (C=O) groups excluding carboxylic acids is 1. The number of hydrogen-bond acceptors (Lipinski definition) is 8. The summed E-state index contributed by atoms with van der Waals surface area (Å²) in [4.78, 5) is 17.1. The second-order valence-corrected chi connectivity index (χ2v) is 11.3. The van der Waals surface area contributed by atoms with Crippen LogP contribution in [0.15, 0.2) is 40.4 Å². The van der Waals surface area contributed by atoms with Crippen LogP contribution in [0.3, 0.4) is 0 Å². The highest BCUT2D eigenvalue weighted by Gasteiger charge is 2.33. The smallest absolute Gasteiger partial charge is 0.243 e. The van der Waals surface area contributed by atoms with Gasteiger partial charge in [0.15, 0.2) is 5.16 Å². The van der Waals surface area contributed by atoms with Crippen molar-refractivity contribution in [1.29, 1.82) is 0 Å². The van der Waals surface area contributed by atoms with E-state index in [9.17, 15) is 13.2 Å². The molecular formula is C21H28N6O4S2. The normalized spacial score (nSPS) is 20.2. The average molecular weight is 493 g/mol. The lowest BCUT2D eigenvalue weighted by Gasteiger charge is -2.34. The van der Waals surface area contributed by atoms with Gasteiger partial charge in [-0.3, -0.25) is 9.36 Å². The molecule has 0 atom stereocenters.